The summed E-state index contributed by atoms with van der Waals surface area (Å²) < 4.78 is 7.71. The molecule has 6 nitrogen and oxygen atoms in total. The molecular formula is C15H21N5O. The molecule has 1 atom stereocenters. The Morgan fingerprint density at radius 3 is 2.90 bits per heavy atom. The van der Waals surface area contributed by atoms with Gasteiger partial charge in [-0.05, 0) is 67.8 Å². The lowest BCUT2D eigenvalue weighted by atomic mass is 9.94. The fourth-order valence-corrected chi connectivity index (χ4v) is 2.96. The number of ether oxygens (including phenoxy) is 1. The topological polar surface area (TPSA) is 78.9 Å². The highest BCUT2D eigenvalue weighted by atomic mass is 16.5. The summed E-state index contributed by atoms with van der Waals surface area (Å²) in [6, 6.07) is 6.07. The van der Waals surface area contributed by atoms with Crippen molar-refractivity contribution in [3.05, 3.63) is 23.8 Å². The lowest BCUT2D eigenvalue weighted by molar-refractivity contribution is -0.0707. The number of nitrogens with two attached hydrogens (primary N) is 1. The van der Waals surface area contributed by atoms with E-state index in [9.17, 15) is 0 Å². The first-order valence-corrected chi connectivity index (χ1v) is 7.24. The largest absolute Gasteiger partial charge is 0.399 e. The number of nitrogens with zero attached hydrogens (tertiary/aromatic N) is 4. The summed E-state index contributed by atoms with van der Waals surface area (Å²) in [6.45, 7) is 6.98. The van der Waals surface area contributed by atoms with Gasteiger partial charge in [0.2, 0.25) is 0 Å². The van der Waals surface area contributed by atoms with Crippen LogP contribution in [-0.2, 0) is 4.74 Å². The van der Waals surface area contributed by atoms with Crippen molar-refractivity contribution in [3.63, 3.8) is 0 Å². The molecule has 21 heavy (non-hydrogen) atoms. The van der Waals surface area contributed by atoms with Gasteiger partial charge in [0.15, 0.2) is 5.82 Å². The number of hydrogen-bond donors (Lipinski definition) is 1. The Labute approximate surface area is 124 Å². The van der Waals surface area contributed by atoms with Crippen LogP contribution in [0.2, 0.25) is 0 Å². The number of rotatable bonds is 2. The predicted molar refractivity (Wildman–Crippen MR) is 80.7 cm³/mol. The van der Waals surface area contributed by atoms with E-state index in [1.165, 1.54) is 0 Å². The van der Waals surface area contributed by atoms with Crippen LogP contribution in [0.1, 0.15) is 38.3 Å². The zero-order valence-corrected chi connectivity index (χ0v) is 12.7. The fourth-order valence-electron chi connectivity index (χ4n) is 2.96. The number of hydrogen-bond acceptors (Lipinski definition) is 5. The summed E-state index contributed by atoms with van der Waals surface area (Å²) in [5.74, 6) is 0.801. The second kappa shape index (κ2) is 5.11. The van der Waals surface area contributed by atoms with E-state index in [1.807, 2.05) is 29.8 Å². The molecule has 0 radical (unpaired) electrons. The molecule has 0 saturated carbocycles. The van der Waals surface area contributed by atoms with E-state index in [0.29, 0.717) is 0 Å². The number of nitrogen functional groups attached to an aromatic ring is 1. The third-order valence-corrected chi connectivity index (χ3v) is 4.00. The van der Waals surface area contributed by atoms with Crippen LogP contribution in [0.15, 0.2) is 18.2 Å². The van der Waals surface area contributed by atoms with E-state index in [4.69, 9.17) is 10.5 Å². The number of tetrazole rings is 1. The molecule has 1 saturated heterocycles. The predicted octanol–water partition coefficient (Wildman–Crippen LogP) is 2.36. The lowest BCUT2D eigenvalue weighted by Gasteiger charge is -2.35. The molecule has 0 bridgehead atoms. The minimum Gasteiger partial charge on any atom is -0.399 e. The summed E-state index contributed by atoms with van der Waals surface area (Å²) >= 11 is 0. The van der Waals surface area contributed by atoms with E-state index < -0.39 is 0 Å². The first-order valence-electron chi connectivity index (χ1n) is 7.24. The summed E-state index contributed by atoms with van der Waals surface area (Å²) in [4.78, 5) is 0. The molecule has 0 amide bonds. The van der Waals surface area contributed by atoms with Gasteiger partial charge in [0, 0.05) is 17.9 Å². The van der Waals surface area contributed by atoms with Gasteiger partial charge < -0.3 is 10.5 Å². The molecule has 0 aliphatic carbocycles. The molecular weight excluding hydrogens is 266 g/mol. The molecule has 2 aromatic rings. The lowest BCUT2D eigenvalue weighted by Crippen LogP contribution is -2.35. The van der Waals surface area contributed by atoms with Gasteiger partial charge in [0.25, 0.3) is 0 Å². The molecule has 1 aliphatic rings. The number of benzene rings is 1. The number of anilines is 1. The second-order valence-corrected chi connectivity index (χ2v) is 6.28. The maximum Gasteiger partial charge on any atom is 0.182 e. The average molecular weight is 287 g/mol. The Bertz CT molecular complexity index is 649. The van der Waals surface area contributed by atoms with Crippen molar-refractivity contribution in [3.8, 4) is 11.4 Å². The van der Waals surface area contributed by atoms with E-state index >= 15 is 0 Å². The van der Waals surface area contributed by atoms with Gasteiger partial charge in [0.1, 0.15) is 0 Å². The first kappa shape index (κ1) is 14.0. The van der Waals surface area contributed by atoms with Crippen LogP contribution in [0.3, 0.4) is 0 Å². The van der Waals surface area contributed by atoms with E-state index in [-0.39, 0.29) is 11.6 Å². The highest BCUT2D eigenvalue weighted by Crippen LogP contribution is 2.34. The van der Waals surface area contributed by atoms with Crippen LogP contribution >= 0.6 is 0 Å². The van der Waals surface area contributed by atoms with E-state index in [0.717, 1.165) is 42.1 Å². The SMILES string of the molecule is Cc1cc(N)ccc1-c1nnnn1C1CCOC(C)(C)C1. The van der Waals surface area contributed by atoms with Crippen molar-refractivity contribution < 1.29 is 4.74 Å². The standard InChI is InChI=1S/C15H21N5O/c1-10-8-11(16)4-5-13(10)14-17-18-19-20(14)12-6-7-21-15(2,3)9-12/h4-5,8,12H,6-7,9,16H2,1-3H3. The Kier molecular flexibility index (Phi) is 3.41. The Hall–Kier alpha value is -1.95. The summed E-state index contributed by atoms with van der Waals surface area (Å²) in [5.41, 5.74) is 8.55. The molecule has 3 rings (SSSR count). The van der Waals surface area contributed by atoms with Crippen LogP contribution in [0, 0.1) is 6.92 Å². The van der Waals surface area contributed by atoms with Crippen molar-refractivity contribution in [2.24, 2.45) is 0 Å². The molecule has 6 heteroatoms. The van der Waals surface area contributed by atoms with Gasteiger partial charge >= 0.3 is 0 Å². The van der Waals surface area contributed by atoms with Crippen molar-refractivity contribution in [1.82, 2.24) is 20.2 Å². The monoisotopic (exact) mass is 287 g/mol. The minimum atomic E-state index is -0.137. The Balaban J connectivity index is 1.97. The number of aromatic nitrogens is 4. The quantitative estimate of drug-likeness (QED) is 0.858. The highest BCUT2D eigenvalue weighted by molar-refractivity contribution is 5.63. The van der Waals surface area contributed by atoms with Crippen molar-refractivity contribution in [1.29, 1.82) is 0 Å². The third-order valence-electron chi connectivity index (χ3n) is 4.00. The van der Waals surface area contributed by atoms with Gasteiger partial charge in [-0.1, -0.05) is 0 Å². The normalized spacial score (nSPS) is 21.4. The van der Waals surface area contributed by atoms with Crippen LogP contribution in [0.4, 0.5) is 5.69 Å². The van der Waals surface area contributed by atoms with Gasteiger partial charge in [-0.3, -0.25) is 0 Å². The molecule has 0 spiro atoms. The maximum absolute atomic E-state index is 5.82. The molecule has 1 aromatic carbocycles. The minimum absolute atomic E-state index is 0.137. The third kappa shape index (κ3) is 2.76. The molecule has 112 valence electrons. The van der Waals surface area contributed by atoms with Crippen LogP contribution in [0.25, 0.3) is 11.4 Å². The van der Waals surface area contributed by atoms with Crippen LogP contribution in [-0.4, -0.2) is 32.4 Å². The molecule has 1 fully saturated rings. The number of aryl methyl sites for hydroxylation is 1. The van der Waals surface area contributed by atoms with Gasteiger partial charge in [-0.2, -0.15) is 0 Å². The molecule has 2 heterocycles. The van der Waals surface area contributed by atoms with Crippen LogP contribution in [0.5, 0.6) is 0 Å². The second-order valence-electron chi connectivity index (χ2n) is 6.28. The van der Waals surface area contributed by atoms with Crippen molar-refractivity contribution >= 4 is 5.69 Å². The fraction of sp³-hybridized carbons (Fsp3) is 0.533. The highest BCUT2D eigenvalue weighted by Gasteiger charge is 2.32. The zero-order chi connectivity index (χ0) is 15.0. The molecule has 1 aromatic heterocycles. The Morgan fingerprint density at radius 2 is 2.19 bits per heavy atom. The smallest absolute Gasteiger partial charge is 0.182 e. The van der Waals surface area contributed by atoms with Crippen LogP contribution < -0.4 is 5.73 Å². The van der Waals surface area contributed by atoms with Crippen molar-refractivity contribution in [2.45, 2.75) is 45.3 Å². The van der Waals surface area contributed by atoms with E-state index in [1.54, 1.807) is 0 Å². The van der Waals surface area contributed by atoms with Crippen molar-refractivity contribution in [2.75, 3.05) is 12.3 Å². The molecule has 1 unspecified atom stereocenters. The Morgan fingerprint density at radius 1 is 1.38 bits per heavy atom. The van der Waals surface area contributed by atoms with Gasteiger partial charge in [-0.25, -0.2) is 4.68 Å². The summed E-state index contributed by atoms with van der Waals surface area (Å²) in [7, 11) is 0. The zero-order valence-electron chi connectivity index (χ0n) is 12.7. The molecule has 1 aliphatic heterocycles. The average Bonchev–Trinajstić information content (AvgIpc) is 2.86. The molecule has 2 N–H and O–H groups in total. The van der Waals surface area contributed by atoms with Gasteiger partial charge in [0.05, 0.1) is 11.6 Å². The van der Waals surface area contributed by atoms with Gasteiger partial charge in [-0.15, -0.1) is 5.10 Å². The first-order chi connectivity index (χ1) is 9.96. The summed E-state index contributed by atoms with van der Waals surface area (Å²) in [6.07, 6.45) is 1.83. The van der Waals surface area contributed by atoms with E-state index in [2.05, 4.69) is 29.4 Å². The summed E-state index contributed by atoms with van der Waals surface area (Å²) in [5, 5.41) is 12.3. The maximum atomic E-state index is 5.82.